The Morgan fingerprint density at radius 1 is 0.404 bits per heavy atom. The van der Waals surface area contributed by atoms with E-state index in [-0.39, 0.29) is 0 Å². The van der Waals surface area contributed by atoms with Crippen LogP contribution in [0.5, 0.6) is 0 Å². The number of amidine groups is 2. The Bertz CT molecular complexity index is 3110. The number of para-hydroxylation sites is 2. The summed E-state index contributed by atoms with van der Waals surface area (Å²) in [6.07, 6.45) is -0.443. The van der Waals surface area contributed by atoms with Crippen molar-refractivity contribution in [2.45, 2.75) is 6.17 Å². The van der Waals surface area contributed by atoms with Crippen LogP contribution in [0, 0.1) is 0 Å². The standard InChI is InChI=1S/C47H29N3O2/c1-2-10-29(11-3-1)45-48-46(50-47(49-45)32-21-20-28-23-25-42-44(38(28)27-32)37-14-5-7-18-40(37)52-42)31-22-24-33-30(26-31)12-8-15-34(33)35-16-9-19-41-43(35)36-13-4-6-17-39(36)51-41/h1-27,46H,(H,48,49,50). The summed E-state index contributed by atoms with van der Waals surface area (Å²) in [5.41, 5.74) is 8.89. The van der Waals surface area contributed by atoms with E-state index in [0.717, 1.165) is 94.0 Å². The van der Waals surface area contributed by atoms with Crippen LogP contribution in [0.25, 0.3) is 76.5 Å². The third kappa shape index (κ3) is 4.49. The van der Waals surface area contributed by atoms with Gasteiger partial charge >= 0.3 is 0 Å². The number of furan rings is 2. The molecule has 11 rings (SSSR count). The van der Waals surface area contributed by atoms with Gasteiger partial charge in [0.25, 0.3) is 0 Å². The number of nitrogens with zero attached hydrogens (tertiary/aromatic N) is 2. The molecule has 3 heterocycles. The van der Waals surface area contributed by atoms with Crippen LogP contribution in [0.3, 0.4) is 0 Å². The Kier molecular flexibility index (Phi) is 6.25. The quantitative estimate of drug-likeness (QED) is 0.203. The molecule has 2 aromatic heterocycles. The number of benzene rings is 8. The molecule has 52 heavy (non-hydrogen) atoms. The van der Waals surface area contributed by atoms with Crippen molar-refractivity contribution in [1.29, 1.82) is 0 Å². The number of nitrogens with one attached hydrogen (secondary N) is 1. The topological polar surface area (TPSA) is 63.0 Å². The van der Waals surface area contributed by atoms with Crippen LogP contribution in [0.15, 0.2) is 183 Å². The van der Waals surface area contributed by atoms with Crippen LogP contribution >= 0.6 is 0 Å². The lowest BCUT2D eigenvalue weighted by molar-refractivity contribution is 0.668. The van der Waals surface area contributed by atoms with Crippen molar-refractivity contribution < 1.29 is 8.83 Å². The Morgan fingerprint density at radius 3 is 1.88 bits per heavy atom. The summed E-state index contributed by atoms with van der Waals surface area (Å²) in [5.74, 6) is 1.56. The second kappa shape index (κ2) is 11.3. The molecule has 0 radical (unpaired) electrons. The van der Waals surface area contributed by atoms with Gasteiger partial charge in [0.15, 0.2) is 6.17 Å². The van der Waals surface area contributed by atoms with Gasteiger partial charge in [0.2, 0.25) is 0 Å². The zero-order valence-corrected chi connectivity index (χ0v) is 27.9. The van der Waals surface area contributed by atoms with Crippen molar-refractivity contribution in [3.8, 4) is 11.1 Å². The van der Waals surface area contributed by atoms with E-state index in [1.807, 2.05) is 48.5 Å². The molecule has 1 aliphatic heterocycles. The molecule has 0 fully saturated rings. The minimum Gasteiger partial charge on any atom is -0.456 e. The largest absolute Gasteiger partial charge is 0.456 e. The summed E-state index contributed by atoms with van der Waals surface area (Å²) in [5, 5.41) is 12.6. The Balaban J connectivity index is 1.06. The highest BCUT2D eigenvalue weighted by molar-refractivity contribution is 6.22. The number of rotatable bonds is 4. The van der Waals surface area contributed by atoms with E-state index in [1.165, 1.54) is 10.9 Å². The minimum absolute atomic E-state index is 0.443. The number of hydrogen-bond donors (Lipinski definition) is 1. The van der Waals surface area contributed by atoms with Crippen LogP contribution in [-0.2, 0) is 0 Å². The average Bonchev–Trinajstić information content (AvgIpc) is 3.79. The molecule has 1 aliphatic rings. The molecular formula is C47H29N3O2. The molecular weight excluding hydrogens is 639 g/mol. The highest BCUT2D eigenvalue weighted by Crippen LogP contribution is 2.40. The lowest BCUT2D eigenvalue weighted by atomic mass is 9.93. The molecule has 0 saturated carbocycles. The van der Waals surface area contributed by atoms with Crippen LogP contribution in [0.2, 0.25) is 0 Å². The number of hydrogen-bond acceptors (Lipinski definition) is 5. The van der Waals surface area contributed by atoms with Gasteiger partial charge < -0.3 is 14.2 Å². The van der Waals surface area contributed by atoms with E-state index in [9.17, 15) is 0 Å². The second-order valence-electron chi connectivity index (χ2n) is 13.4. The third-order valence-electron chi connectivity index (χ3n) is 10.3. The Labute approximate surface area is 298 Å². The Hall–Kier alpha value is -6.98. The minimum atomic E-state index is -0.443. The van der Waals surface area contributed by atoms with Gasteiger partial charge in [-0.1, -0.05) is 127 Å². The summed E-state index contributed by atoms with van der Waals surface area (Å²) >= 11 is 0. The van der Waals surface area contributed by atoms with Crippen molar-refractivity contribution in [3.63, 3.8) is 0 Å². The van der Waals surface area contributed by atoms with Gasteiger partial charge in [0.05, 0.1) is 0 Å². The molecule has 0 amide bonds. The van der Waals surface area contributed by atoms with E-state index in [2.05, 4.69) is 121 Å². The predicted molar refractivity (Wildman–Crippen MR) is 213 cm³/mol. The van der Waals surface area contributed by atoms with Crippen LogP contribution in [0.1, 0.15) is 22.9 Å². The molecule has 0 aliphatic carbocycles. The SMILES string of the molecule is c1ccc(C2=NC(c3ccc4c(-c5cccc6oc7ccccc7c56)cccc4c3)N=C(c3ccc4ccc5oc6ccccc6c5c4c3)N2)cc1. The summed E-state index contributed by atoms with van der Waals surface area (Å²) in [7, 11) is 0. The maximum absolute atomic E-state index is 6.24. The van der Waals surface area contributed by atoms with Gasteiger partial charge in [-0.25, -0.2) is 9.98 Å². The molecule has 1 N–H and O–H groups in total. The molecule has 8 aromatic carbocycles. The first kappa shape index (κ1) is 28.8. The van der Waals surface area contributed by atoms with Gasteiger partial charge in [-0.2, -0.15) is 0 Å². The fourth-order valence-electron chi connectivity index (χ4n) is 7.88. The zero-order valence-electron chi connectivity index (χ0n) is 27.9. The summed E-state index contributed by atoms with van der Waals surface area (Å²) in [6, 6.07) is 56.9. The van der Waals surface area contributed by atoms with E-state index >= 15 is 0 Å². The molecule has 0 spiro atoms. The lowest BCUT2D eigenvalue weighted by Crippen LogP contribution is -2.36. The average molecular weight is 668 g/mol. The zero-order chi connectivity index (χ0) is 34.2. The van der Waals surface area contributed by atoms with Gasteiger partial charge in [0, 0.05) is 32.7 Å². The first-order valence-electron chi connectivity index (χ1n) is 17.5. The van der Waals surface area contributed by atoms with Crippen molar-refractivity contribution in [3.05, 3.63) is 180 Å². The first-order chi connectivity index (χ1) is 25.7. The van der Waals surface area contributed by atoms with Gasteiger partial charge in [0.1, 0.15) is 34.0 Å². The smallest absolute Gasteiger partial charge is 0.169 e. The molecule has 244 valence electrons. The van der Waals surface area contributed by atoms with E-state index < -0.39 is 6.17 Å². The van der Waals surface area contributed by atoms with Gasteiger partial charge in [-0.05, 0) is 74.6 Å². The second-order valence-corrected chi connectivity index (χ2v) is 13.4. The van der Waals surface area contributed by atoms with Crippen molar-refractivity contribution >= 4 is 77.1 Å². The maximum atomic E-state index is 6.24. The summed E-state index contributed by atoms with van der Waals surface area (Å²) < 4.78 is 12.5. The molecule has 10 aromatic rings. The van der Waals surface area contributed by atoms with E-state index in [1.54, 1.807) is 0 Å². The van der Waals surface area contributed by atoms with Crippen LogP contribution in [0.4, 0.5) is 0 Å². The number of aliphatic imine (C=N–C) groups is 2. The molecule has 0 bridgehead atoms. The molecule has 1 unspecified atom stereocenters. The highest BCUT2D eigenvalue weighted by Gasteiger charge is 2.22. The van der Waals surface area contributed by atoms with E-state index in [0.29, 0.717) is 0 Å². The van der Waals surface area contributed by atoms with Crippen molar-refractivity contribution in [2.75, 3.05) is 0 Å². The molecule has 0 saturated heterocycles. The first-order valence-corrected chi connectivity index (χ1v) is 17.5. The monoisotopic (exact) mass is 667 g/mol. The molecule has 5 heteroatoms. The van der Waals surface area contributed by atoms with Crippen LogP contribution < -0.4 is 5.32 Å². The van der Waals surface area contributed by atoms with Crippen LogP contribution in [-0.4, -0.2) is 11.7 Å². The van der Waals surface area contributed by atoms with Gasteiger partial charge in [-0.15, -0.1) is 0 Å². The fourth-order valence-corrected chi connectivity index (χ4v) is 7.88. The lowest BCUT2D eigenvalue weighted by Gasteiger charge is -2.23. The van der Waals surface area contributed by atoms with E-state index in [4.69, 9.17) is 18.8 Å². The maximum Gasteiger partial charge on any atom is 0.169 e. The normalized spacial score (nSPS) is 14.7. The highest BCUT2D eigenvalue weighted by atomic mass is 16.3. The predicted octanol–water partition coefficient (Wildman–Crippen LogP) is 12.0. The van der Waals surface area contributed by atoms with Crippen molar-refractivity contribution in [2.24, 2.45) is 9.98 Å². The summed E-state index contributed by atoms with van der Waals surface area (Å²) in [4.78, 5) is 10.5. The summed E-state index contributed by atoms with van der Waals surface area (Å²) in [6.45, 7) is 0. The molecule has 1 atom stereocenters. The fraction of sp³-hybridized carbons (Fsp3) is 0.0213. The Morgan fingerprint density at radius 2 is 1.06 bits per heavy atom. The van der Waals surface area contributed by atoms with Gasteiger partial charge in [-0.3, -0.25) is 0 Å². The molecule has 5 nitrogen and oxygen atoms in total. The third-order valence-corrected chi connectivity index (χ3v) is 10.3. The number of fused-ring (bicyclic) bond motifs is 9. The van der Waals surface area contributed by atoms with Crippen molar-refractivity contribution in [1.82, 2.24) is 5.32 Å².